The largest absolute Gasteiger partial charge is 0.507 e. The van der Waals surface area contributed by atoms with Gasteiger partial charge >= 0.3 is 6.09 Å². The second-order valence-electron chi connectivity index (χ2n) is 19.5. The third-order valence-electron chi connectivity index (χ3n) is 15.6. The highest BCUT2D eigenvalue weighted by molar-refractivity contribution is 6.31. The van der Waals surface area contributed by atoms with Crippen LogP contribution in [0, 0.1) is 5.41 Å². The maximum atomic E-state index is 14.7. The number of phenolic OH excluding ortho intramolecular Hbond substituents is 2. The molecule has 3 N–H and O–H groups in total. The van der Waals surface area contributed by atoms with Gasteiger partial charge in [-0.3, -0.25) is 19.3 Å². The number of hydrogen-bond acceptors (Lipinski definition) is 15. The van der Waals surface area contributed by atoms with E-state index in [2.05, 4.69) is 29.2 Å². The van der Waals surface area contributed by atoms with Crippen LogP contribution in [-0.4, -0.2) is 156 Å². The quantitative estimate of drug-likeness (QED) is 0.196. The first-order valence-electron chi connectivity index (χ1n) is 23.2. The number of aliphatic hydroxyl groups is 1. The molecule has 8 aliphatic rings. The van der Waals surface area contributed by atoms with E-state index in [1.165, 1.54) is 24.1 Å². The zero-order valence-electron chi connectivity index (χ0n) is 37.7. The lowest BCUT2D eigenvalue weighted by Gasteiger charge is -2.60. The highest BCUT2D eigenvalue weighted by Crippen LogP contribution is 2.54. The Balaban J connectivity index is 0.794. The third-order valence-corrected chi connectivity index (χ3v) is 15.6. The number of amides is 2. The zero-order chi connectivity index (χ0) is 47.0. The number of benzene rings is 4. The van der Waals surface area contributed by atoms with E-state index in [1.54, 1.807) is 18.1 Å². The lowest BCUT2D eigenvalue weighted by atomic mass is 9.70. The molecule has 5 saturated heterocycles. The number of carbonyl (C=O) groups excluding carboxylic acids is 4. The molecule has 354 valence electrons. The molecule has 0 unspecified atom stereocenters. The number of morpholine rings is 1. The summed E-state index contributed by atoms with van der Waals surface area (Å²) in [7, 11) is 2.91. The van der Waals surface area contributed by atoms with Crippen molar-refractivity contribution in [2.45, 2.75) is 80.9 Å². The van der Waals surface area contributed by atoms with Crippen LogP contribution in [0.25, 0.3) is 11.1 Å². The van der Waals surface area contributed by atoms with Crippen molar-refractivity contribution in [2.75, 3.05) is 60.2 Å². The fraction of sp³-hybridized carbons (Fsp3) is 0.451. The van der Waals surface area contributed by atoms with Gasteiger partial charge in [-0.05, 0) is 35.2 Å². The molecule has 5 aliphatic heterocycles. The van der Waals surface area contributed by atoms with Gasteiger partial charge in [0, 0.05) is 93.2 Å². The molecule has 0 aromatic heterocycles. The first-order valence-corrected chi connectivity index (χ1v) is 23.2. The molecule has 68 heavy (non-hydrogen) atoms. The molecule has 4 aromatic rings. The molecule has 5 fully saturated rings. The number of carbonyl (C=O) groups is 4. The van der Waals surface area contributed by atoms with Crippen molar-refractivity contribution in [2.24, 2.45) is 5.41 Å². The van der Waals surface area contributed by atoms with E-state index in [0.29, 0.717) is 26.2 Å². The Bertz CT molecular complexity index is 2760. The number of ether oxygens (including phenoxy) is 7. The van der Waals surface area contributed by atoms with Crippen molar-refractivity contribution in [3.05, 3.63) is 111 Å². The van der Waals surface area contributed by atoms with E-state index in [4.69, 9.17) is 33.2 Å². The van der Waals surface area contributed by atoms with Gasteiger partial charge in [0.25, 0.3) is 5.91 Å². The summed E-state index contributed by atoms with van der Waals surface area (Å²) in [6.07, 6.45) is -5.24. The molecule has 5 heterocycles. The predicted molar refractivity (Wildman–Crippen MR) is 237 cm³/mol. The molecule has 3 aliphatic carbocycles. The van der Waals surface area contributed by atoms with E-state index >= 15 is 0 Å². The molecule has 1 spiro atoms. The summed E-state index contributed by atoms with van der Waals surface area (Å²) in [4.78, 5) is 61.8. The number of methoxy groups -OCH3 is 2. The van der Waals surface area contributed by atoms with Gasteiger partial charge in [0.2, 0.25) is 5.78 Å². The van der Waals surface area contributed by atoms with Crippen LogP contribution in [0.2, 0.25) is 0 Å². The van der Waals surface area contributed by atoms with Crippen LogP contribution in [-0.2, 0) is 39.6 Å². The maximum Gasteiger partial charge on any atom is 0.409 e. The average molecular weight is 930 g/mol. The van der Waals surface area contributed by atoms with Crippen LogP contribution in [0.3, 0.4) is 0 Å². The van der Waals surface area contributed by atoms with Gasteiger partial charge in [-0.15, -0.1) is 0 Å². The predicted octanol–water partition coefficient (Wildman–Crippen LogP) is 4.24. The van der Waals surface area contributed by atoms with Crippen molar-refractivity contribution in [1.29, 1.82) is 0 Å². The van der Waals surface area contributed by atoms with Crippen molar-refractivity contribution in [3.63, 3.8) is 0 Å². The number of hydrogen-bond donors (Lipinski definition) is 3. The Hall–Kier alpha value is -5.92. The SMILES string of the molecule is COc1cccc2c1C(=O)c1c(O)c3c(c(O)c1C2=O)C[C@@](O)(C(=O)N1CC2(CN(C(=O)OCC4c5ccccc5-c5ccccc54)C2)C1)C[C@@H]3O[C@H]1C[C@H]2[C@H](O[C@@H]3[C@@H](OC)OCCN32)[C@H](C)O1. The smallest absolute Gasteiger partial charge is 0.409 e. The topological polar surface area (TPSA) is 203 Å². The van der Waals surface area contributed by atoms with Gasteiger partial charge in [-0.2, -0.15) is 0 Å². The van der Waals surface area contributed by atoms with Crippen molar-refractivity contribution < 1.29 is 67.7 Å². The Morgan fingerprint density at radius 1 is 0.824 bits per heavy atom. The van der Waals surface area contributed by atoms with E-state index in [1.807, 2.05) is 31.2 Å². The maximum absolute atomic E-state index is 14.7. The average Bonchev–Trinajstić information content (AvgIpc) is 3.86. The van der Waals surface area contributed by atoms with Crippen LogP contribution in [0.1, 0.15) is 85.9 Å². The van der Waals surface area contributed by atoms with E-state index < -0.39 is 94.6 Å². The summed E-state index contributed by atoms with van der Waals surface area (Å²) in [6.45, 7) is 4.25. The number of ketones is 2. The van der Waals surface area contributed by atoms with Crippen molar-refractivity contribution >= 4 is 23.6 Å². The lowest BCUT2D eigenvalue weighted by molar-refractivity contribution is -0.256. The molecule has 4 aromatic carbocycles. The molecule has 12 rings (SSSR count). The van der Waals surface area contributed by atoms with Gasteiger partial charge in [0.05, 0.1) is 42.6 Å². The summed E-state index contributed by atoms with van der Waals surface area (Å²) in [6, 6.07) is 20.6. The summed E-state index contributed by atoms with van der Waals surface area (Å²) >= 11 is 0. The van der Waals surface area contributed by atoms with E-state index in [-0.39, 0.29) is 78.6 Å². The molecule has 0 bridgehead atoms. The first-order chi connectivity index (χ1) is 32.8. The zero-order valence-corrected chi connectivity index (χ0v) is 37.7. The van der Waals surface area contributed by atoms with Crippen molar-refractivity contribution in [3.8, 4) is 28.4 Å². The normalized spacial score (nSPS) is 29.7. The number of nitrogens with zero attached hydrogens (tertiary/aromatic N) is 3. The second kappa shape index (κ2) is 15.8. The second-order valence-corrected chi connectivity index (χ2v) is 19.5. The minimum absolute atomic E-state index is 0.0271. The Kier molecular flexibility index (Phi) is 10.1. The highest BCUT2D eigenvalue weighted by Gasteiger charge is 2.60. The fourth-order valence-corrected chi connectivity index (χ4v) is 12.5. The molecule has 0 saturated carbocycles. The molecular formula is C51H51N3O14. The number of aromatic hydroxyl groups is 2. The van der Waals surface area contributed by atoms with Crippen LogP contribution < -0.4 is 4.74 Å². The summed E-state index contributed by atoms with van der Waals surface area (Å²) in [5.41, 5.74) is 0.835. The van der Waals surface area contributed by atoms with Crippen molar-refractivity contribution in [1.82, 2.24) is 14.7 Å². The first kappa shape index (κ1) is 43.4. The molecular weight excluding hydrogens is 879 g/mol. The van der Waals surface area contributed by atoms with Gasteiger partial charge < -0.3 is 58.3 Å². The number of fused-ring (bicyclic) bond motifs is 9. The number of likely N-dealkylation sites (tertiary alicyclic amines) is 2. The Morgan fingerprint density at radius 2 is 1.50 bits per heavy atom. The minimum Gasteiger partial charge on any atom is -0.507 e. The minimum atomic E-state index is -2.20. The molecule has 2 amide bonds. The molecule has 8 atom stereocenters. The highest BCUT2D eigenvalue weighted by atomic mass is 16.7. The Labute approximate surface area is 391 Å². The van der Waals surface area contributed by atoms with Crippen LogP contribution in [0.15, 0.2) is 66.7 Å². The van der Waals surface area contributed by atoms with Crippen LogP contribution in [0.4, 0.5) is 4.79 Å². The van der Waals surface area contributed by atoms with Gasteiger partial charge in [-0.25, -0.2) is 4.79 Å². The van der Waals surface area contributed by atoms with E-state index in [0.717, 1.165) is 22.3 Å². The van der Waals surface area contributed by atoms with Gasteiger partial charge in [-0.1, -0.05) is 60.7 Å². The van der Waals surface area contributed by atoms with E-state index in [9.17, 15) is 34.5 Å². The molecule has 17 heteroatoms. The standard InChI is InChI=1S/C51H51N3O14/c1-25-45-33(54-15-16-64-47(63-3)46(54)68-45)17-36(66-25)67-35-19-51(61,18-31-38(35)44(58)40-39(42(31)56)41(55)30-13-8-14-34(62-2)37(30)43(40)57)48(59)52-21-50(22-52)23-53(24-50)49(60)65-20-32-28-11-6-4-9-26(28)27-10-5-7-12-29(27)32/h4-14,25,32-33,35-36,45-47,56,58,61H,15-24H2,1-3H3/t25-,33-,35-,36-,45+,46+,47-,51-/m0/s1. The summed E-state index contributed by atoms with van der Waals surface area (Å²) in [5.74, 6) is -3.32. The molecule has 0 radical (unpaired) electrons. The monoisotopic (exact) mass is 929 g/mol. The number of rotatable bonds is 7. The van der Waals surface area contributed by atoms with Gasteiger partial charge in [0.15, 0.2) is 24.6 Å². The van der Waals surface area contributed by atoms with Crippen LogP contribution in [0.5, 0.6) is 17.2 Å². The Morgan fingerprint density at radius 3 is 2.21 bits per heavy atom. The summed E-state index contributed by atoms with van der Waals surface area (Å²) in [5, 5.41) is 36.9. The fourth-order valence-electron chi connectivity index (χ4n) is 12.5. The van der Waals surface area contributed by atoms with Gasteiger partial charge in [0.1, 0.15) is 35.6 Å². The van der Waals surface area contributed by atoms with Crippen LogP contribution >= 0.6 is 0 Å². The summed E-state index contributed by atoms with van der Waals surface area (Å²) < 4.78 is 42.2. The number of phenols is 2. The third kappa shape index (κ3) is 6.40. The molecule has 17 nitrogen and oxygen atoms in total. The lowest BCUT2D eigenvalue weighted by Crippen LogP contribution is -2.75.